The van der Waals surface area contributed by atoms with E-state index < -0.39 is 6.04 Å². The van der Waals surface area contributed by atoms with Gasteiger partial charge in [-0.25, -0.2) is 4.98 Å². The van der Waals surface area contributed by atoms with Gasteiger partial charge < -0.3 is 10.1 Å². The first-order chi connectivity index (χ1) is 15.4. The zero-order chi connectivity index (χ0) is 22.7. The maximum atomic E-state index is 12.9. The quantitative estimate of drug-likeness (QED) is 0.554. The lowest BCUT2D eigenvalue weighted by atomic mass is 10.2. The normalized spacial score (nSPS) is 15.8. The molecule has 4 rings (SSSR count). The van der Waals surface area contributed by atoms with Crippen LogP contribution in [0.5, 0.6) is 5.75 Å². The first-order valence-electron chi connectivity index (χ1n) is 9.72. The number of amides is 2. The summed E-state index contributed by atoms with van der Waals surface area (Å²) in [7, 11) is 1.61. The van der Waals surface area contributed by atoms with Gasteiger partial charge in [0, 0.05) is 23.6 Å². The van der Waals surface area contributed by atoms with Crippen LogP contribution >= 0.6 is 11.3 Å². The number of ether oxygens (including phenoxy) is 1. The molecule has 0 radical (unpaired) electrons. The third kappa shape index (κ3) is 4.54. The van der Waals surface area contributed by atoms with Gasteiger partial charge in [0.05, 0.1) is 24.2 Å². The highest BCUT2D eigenvalue weighted by Gasteiger charge is 2.36. The summed E-state index contributed by atoms with van der Waals surface area (Å²) in [6, 6.07) is 13.6. The van der Waals surface area contributed by atoms with Crippen molar-refractivity contribution in [3.63, 3.8) is 0 Å². The van der Waals surface area contributed by atoms with E-state index in [1.54, 1.807) is 38.3 Å². The number of nitrogens with zero attached hydrogens (tertiary/aromatic N) is 5. The van der Waals surface area contributed by atoms with Crippen molar-refractivity contribution < 1.29 is 14.3 Å². The summed E-state index contributed by atoms with van der Waals surface area (Å²) < 4.78 is 5.18. The number of methoxy groups -OCH3 is 1. The molecule has 1 atom stereocenters. The first-order valence-corrected chi connectivity index (χ1v) is 10.6. The molecule has 0 unspecified atom stereocenters. The summed E-state index contributed by atoms with van der Waals surface area (Å²) in [6.45, 7) is 3.18. The predicted molar refractivity (Wildman–Crippen MR) is 124 cm³/mol. The molecule has 0 spiro atoms. The van der Waals surface area contributed by atoms with Crippen LogP contribution < -0.4 is 15.1 Å². The minimum absolute atomic E-state index is 0.153. The van der Waals surface area contributed by atoms with Crippen molar-refractivity contribution in [3.8, 4) is 17.0 Å². The van der Waals surface area contributed by atoms with E-state index in [2.05, 4.69) is 25.6 Å². The van der Waals surface area contributed by atoms with E-state index in [9.17, 15) is 9.59 Å². The number of benzene rings is 2. The molecule has 9 nitrogen and oxygen atoms in total. The Morgan fingerprint density at radius 2 is 1.88 bits per heavy atom. The number of aromatic nitrogens is 1. The third-order valence-electron chi connectivity index (χ3n) is 4.63. The van der Waals surface area contributed by atoms with Gasteiger partial charge in [-0.15, -0.1) is 11.3 Å². The molecule has 0 saturated heterocycles. The Labute approximate surface area is 188 Å². The number of carbonyl (C=O) groups excluding carboxylic acids is 2. The van der Waals surface area contributed by atoms with Crippen LogP contribution in [0.15, 0.2) is 69.2 Å². The van der Waals surface area contributed by atoms with Crippen molar-refractivity contribution in [3.05, 3.63) is 53.9 Å². The molecule has 2 amide bonds. The smallest absolute Gasteiger partial charge is 0.282 e. The van der Waals surface area contributed by atoms with Crippen LogP contribution in [-0.2, 0) is 9.59 Å². The molecule has 1 N–H and O–H groups in total. The maximum absolute atomic E-state index is 12.9. The Hall–Kier alpha value is -3.92. The molecular weight excluding hydrogens is 428 g/mol. The highest BCUT2D eigenvalue weighted by atomic mass is 32.1. The second kappa shape index (κ2) is 9.06. The fourth-order valence-electron chi connectivity index (χ4n) is 3.02. The molecule has 0 aliphatic carbocycles. The first kappa shape index (κ1) is 21.3. The van der Waals surface area contributed by atoms with E-state index in [1.165, 1.54) is 23.3 Å². The predicted octanol–water partition coefficient (Wildman–Crippen LogP) is 4.65. The topological polar surface area (TPSA) is 109 Å². The molecule has 1 aliphatic rings. The second-order valence-electron chi connectivity index (χ2n) is 6.98. The van der Waals surface area contributed by atoms with Gasteiger partial charge in [0.1, 0.15) is 5.75 Å². The number of hydrazone groups is 1. The number of hydrogen-bond donors (Lipinski definition) is 1. The zero-order valence-electron chi connectivity index (χ0n) is 17.6. The van der Waals surface area contributed by atoms with Gasteiger partial charge in [-0.1, -0.05) is 0 Å². The summed E-state index contributed by atoms with van der Waals surface area (Å²) in [5.74, 6) is 0.300. The van der Waals surface area contributed by atoms with Crippen LogP contribution in [0.4, 0.5) is 16.5 Å². The van der Waals surface area contributed by atoms with Gasteiger partial charge in [0.2, 0.25) is 11.0 Å². The van der Waals surface area contributed by atoms with E-state index in [1.807, 2.05) is 29.6 Å². The van der Waals surface area contributed by atoms with Crippen molar-refractivity contribution >= 4 is 45.4 Å². The van der Waals surface area contributed by atoms with Crippen LogP contribution in [0.3, 0.4) is 0 Å². The largest absolute Gasteiger partial charge is 0.497 e. The van der Waals surface area contributed by atoms with Crippen LogP contribution in [0.2, 0.25) is 0 Å². The van der Waals surface area contributed by atoms with Crippen LogP contribution in [-0.4, -0.2) is 35.7 Å². The van der Waals surface area contributed by atoms with E-state index in [-0.39, 0.29) is 11.8 Å². The molecule has 162 valence electrons. The molecule has 0 bridgehead atoms. The van der Waals surface area contributed by atoms with Gasteiger partial charge in [-0.3, -0.25) is 9.59 Å². The van der Waals surface area contributed by atoms with E-state index in [0.29, 0.717) is 22.2 Å². The number of azo groups is 1. The lowest BCUT2D eigenvalue weighted by Crippen LogP contribution is -2.29. The summed E-state index contributed by atoms with van der Waals surface area (Å²) in [4.78, 5) is 28.6. The Balaban J connectivity index is 1.47. The zero-order valence-corrected chi connectivity index (χ0v) is 18.5. The van der Waals surface area contributed by atoms with Crippen molar-refractivity contribution in [2.75, 3.05) is 17.4 Å². The highest BCUT2D eigenvalue weighted by Crippen LogP contribution is 2.31. The number of hydrogen-bond acceptors (Lipinski definition) is 8. The number of nitrogens with one attached hydrogen (secondary N) is 1. The Morgan fingerprint density at radius 3 is 2.53 bits per heavy atom. The molecule has 3 aromatic rings. The number of carbonyl (C=O) groups is 2. The second-order valence-corrected chi connectivity index (χ2v) is 7.82. The van der Waals surface area contributed by atoms with Crippen molar-refractivity contribution in [1.82, 2.24) is 4.98 Å². The SMILES string of the molecule is COc1ccc(-c2csc(N3N=C(C)[C@H](N=Nc4ccc(NC(C)=O)cc4)C3=O)n2)cc1. The summed E-state index contributed by atoms with van der Waals surface area (Å²) in [5, 5.41) is 19.0. The number of anilines is 2. The summed E-state index contributed by atoms with van der Waals surface area (Å²) in [6.07, 6.45) is 0. The molecular formula is C22H20N6O3S. The molecule has 1 aromatic heterocycles. The Bertz CT molecular complexity index is 1200. The van der Waals surface area contributed by atoms with Crippen molar-refractivity contribution in [2.45, 2.75) is 19.9 Å². The average Bonchev–Trinajstić information content (AvgIpc) is 3.38. The van der Waals surface area contributed by atoms with E-state index >= 15 is 0 Å². The fraction of sp³-hybridized carbons (Fsp3) is 0.182. The maximum Gasteiger partial charge on any atom is 0.282 e. The molecule has 2 heterocycles. The summed E-state index contributed by atoms with van der Waals surface area (Å²) in [5.41, 5.74) is 3.43. The number of thiazole rings is 1. The van der Waals surface area contributed by atoms with E-state index in [4.69, 9.17) is 4.74 Å². The Morgan fingerprint density at radius 1 is 1.16 bits per heavy atom. The molecule has 0 fully saturated rings. The molecule has 0 saturated carbocycles. The lowest BCUT2D eigenvalue weighted by molar-refractivity contribution is -0.118. The van der Waals surface area contributed by atoms with Crippen LogP contribution in [0.1, 0.15) is 13.8 Å². The van der Waals surface area contributed by atoms with Crippen molar-refractivity contribution in [2.24, 2.45) is 15.3 Å². The number of rotatable bonds is 6. The van der Waals surface area contributed by atoms with Crippen LogP contribution in [0, 0.1) is 0 Å². The van der Waals surface area contributed by atoms with Gasteiger partial charge >= 0.3 is 0 Å². The third-order valence-corrected chi connectivity index (χ3v) is 5.45. The molecule has 1 aliphatic heterocycles. The van der Waals surface area contributed by atoms with Gasteiger partial charge in [-0.05, 0) is 55.5 Å². The van der Waals surface area contributed by atoms with Gasteiger partial charge in [-0.2, -0.15) is 20.3 Å². The van der Waals surface area contributed by atoms with E-state index in [0.717, 1.165) is 17.0 Å². The molecule has 2 aromatic carbocycles. The Kier molecular flexibility index (Phi) is 6.04. The van der Waals surface area contributed by atoms with Gasteiger partial charge in [0.15, 0.2) is 6.04 Å². The standard InChI is InChI=1S/C22H20N6O3S/c1-13-20(26-25-17-8-6-16(7-9-17)23-14(2)29)21(30)28(27-13)22-24-19(12-32-22)15-4-10-18(31-3)11-5-15/h4-12,20H,1-3H3,(H,23,29)/t20-/m0/s1. The highest BCUT2D eigenvalue weighted by molar-refractivity contribution is 7.14. The molecule has 10 heteroatoms. The van der Waals surface area contributed by atoms with Crippen molar-refractivity contribution in [1.29, 1.82) is 0 Å². The van der Waals surface area contributed by atoms with Crippen LogP contribution in [0.25, 0.3) is 11.3 Å². The minimum Gasteiger partial charge on any atom is -0.497 e. The monoisotopic (exact) mass is 448 g/mol. The van der Waals surface area contributed by atoms with Gasteiger partial charge in [0.25, 0.3) is 5.91 Å². The minimum atomic E-state index is -0.807. The average molecular weight is 449 g/mol. The lowest BCUT2D eigenvalue weighted by Gasteiger charge is -2.08. The summed E-state index contributed by atoms with van der Waals surface area (Å²) >= 11 is 1.33. The fourth-order valence-corrected chi connectivity index (χ4v) is 3.81. The molecule has 32 heavy (non-hydrogen) atoms.